The standard InChI is InChI=1S/C15H11FOS2/c16-11-4-3-10-8-15(19-14(10)9-11)13(17)6-5-12-2-1-7-18-12/h1-4,7-9H,5-6H2. The quantitative estimate of drug-likeness (QED) is 0.623. The zero-order valence-electron chi connectivity index (χ0n) is 10.1. The predicted octanol–water partition coefficient (Wildman–Crippen LogP) is 4.92. The van der Waals surface area contributed by atoms with Gasteiger partial charge in [-0.1, -0.05) is 12.1 Å². The second-order valence-corrected chi connectivity index (χ2v) is 6.41. The van der Waals surface area contributed by atoms with Gasteiger partial charge in [0, 0.05) is 16.0 Å². The summed E-state index contributed by atoms with van der Waals surface area (Å²) in [5.41, 5.74) is 0. The number of halogens is 1. The van der Waals surface area contributed by atoms with Gasteiger partial charge in [-0.15, -0.1) is 22.7 Å². The minimum absolute atomic E-state index is 0.134. The molecule has 2 aromatic heterocycles. The van der Waals surface area contributed by atoms with Gasteiger partial charge < -0.3 is 0 Å². The first-order chi connectivity index (χ1) is 9.22. The van der Waals surface area contributed by atoms with Crippen LogP contribution >= 0.6 is 22.7 Å². The molecule has 0 aliphatic rings. The van der Waals surface area contributed by atoms with E-state index in [1.165, 1.54) is 28.3 Å². The number of fused-ring (bicyclic) bond motifs is 1. The summed E-state index contributed by atoms with van der Waals surface area (Å²) < 4.78 is 13.9. The Morgan fingerprint density at radius 3 is 2.89 bits per heavy atom. The molecule has 1 nitrogen and oxygen atoms in total. The van der Waals surface area contributed by atoms with Crippen LogP contribution in [0.25, 0.3) is 10.1 Å². The molecule has 2 heterocycles. The van der Waals surface area contributed by atoms with Crippen molar-refractivity contribution in [2.24, 2.45) is 0 Å². The van der Waals surface area contributed by atoms with Crippen molar-refractivity contribution in [1.82, 2.24) is 0 Å². The van der Waals surface area contributed by atoms with E-state index in [1.807, 2.05) is 23.6 Å². The van der Waals surface area contributed by atoms with Crippen LogP contribution < -0.4 is 0 Å². The van der Waals surface area contributed by atoms with Crippen LogP contribution in [0.4, 0.5) is 4.39 Å². The molecule has 0 saturated carbocycles. The summed E-state index contributed by atoms with van der Waals surface area (Å²) in [6.45, 7) is 0. The largest absolute Gasteiger partial charge is 0.293 e. The summed E-state index contributed by atoms with van der Waals surface area (Å²) in [6.07, 6.45) is 1.29. The van der Waals surface area contributed by atoms with Crippen LogP contribution in [0.5, 0.6) is 0 Å². The number of benzene rings is 1. The van der Waals surface area contributed by atoms with Gasteiger partial charge in [-0.25, -0.2) is 4.39 Å². The van der Waals surface area contributed by atoms with Gasteiger partial charge in [-0.2, -0.15) is 0 Å². The van der Waals surface area contributed by atoms with Crippen molar-refractivity contribution in [2.45, 2.75) is 12.8 Å². The van der Waals surface area contributed by atoms with Crippen molar-refractivity contribution in [2.75, 3.05) is 0 Å². The lowest BCUT2D eigenvalue weighted by Crippen LogP contribution is -1.97. The molecule has 0 saturated heterocycles. The fourth-order valence-electron chi connectivity index (χ4n) is 1.96. The number of carbonyl (C=O) groups excluding carboxylic acids is 1. The summed E-state index contributed by atoms with van der Waals surface area (Å²) in [6, 6.07) is 10.5. The highest BCUT2D eigenvalue weighted by atomic mass is 32.1. The number of Topliss-reactive ketones (excluding diaryl/α,β-unsaturated/α-hetero) is 1. The first kappa shape index (κ1) is 12.5. The van der Waals surface area contributed by atoms with E-state index < -0.39 is 0 Å². The van der Waals surface area contributed by atoms with Gasteiger partial charge in [0.1, 0.15) is 5.82 Å². The second-order valence-electron chi connectivity index (χ2n) is 4.30. The molecule has 0 amide bonds. The van der Waals surface area contributed by atoms with Crippen molar-refractivity contribution in [3.8, 4) is 0 Å². The fourth-order valence-corrected chi connectivity index (χ4v) is 3.72. The maximum Gasteiger partial charge on any atom is 0.173 e. The number of ketones is 1. The number of carbonyl (C=O) groups is 1. The molecule has 0 fully saturated rings. The Labute approximate surface area is 118 Å². The third-order valence-electron chi connectivity index (χ3n) is 2.94. The third kappa shape index (κ3) is 2.74. The van der Waals surface area contributed by atoms with Crippen molar-refractivity contribution < 1.29 is 9.18 Å². The predicted molar refractivity (Wildman–Crippen MR) is 78.8 cm³/mol. The summed E-state index contributed by atoms with van der Waals surface area (Å²) in [5.74, 6) is -0.123. The Hall–Kier alpha value is -1.52. The number of hydrogen-bond donors (Lipinski definition) is 0. The van der Waals surface area contributed by atoms with E-state index in [-0.39, 0.29) is 11.6 Å². The van der Waals surface area contributed by atoms with Gasteiger partial charge in [0.05, 0.1) is 4.88 Å². The molecule has 4 heteroatoms. The van der Waals surface area contributed by atoms with Crippen LogP contribution in [0.15, 0.2) is 41.8 Å². The third-order valence-corrected chi connectivity index (χ3v) is 5.01. The second kappa shape index (κ2) is 5.23. The molecular weight excluding hydrogens is 279 g/mol. The molecule has 19 heavy (non-hydrogen) atoms. The number of rotatable bonds is 4. The molecule has 0 aliphatic carbocycles. The van der Waals surface area contributed by atoms with E-state index in [0.717, 1.165) is 21.4 Å². The molecule has 0 radical (unpaired) electrons. The maximum absolute atomic E-state index is 13.1. The average molecular weight is 290 g/mol. The normalized spacial score (nSPS) is 11.0. The van der Waals surface area contributed by atoms with Crippen LogP contribution in [0.1, 0.15) is 21.0 Å². The van der Waals surface area contributed by atoms with Gasteiger partial charge in [0.25, 0.3) is 0 Å². The first-order valence-electron chi connectivity index (χ1n) is 5.97. The van der Waals surface area contributed by atoms with Crippen LogP contribution in [0, 0.1) is 5.82 Å². The summed E-state index contributed by atoms with van der Waals surface area (Å²) in [4.78, 5) is 14.1. The van der Waals surface area contributed by atoms with Gasteiger partial charge in [0.15, 0.2) is 5.78 Å². The smallest absolute Gasteiger partial charge is 0.173 e. The zero-order chi connectivity index (χ0) is 13.2. The average Bonchev–Trinajstić information content (AvgIpc) is 3.04. The van der Waals surface area contributed by atoms with E-state index in [9.17, 15) is 9.18 Å². The van der Waals surface area contributed by atoms with Gasteiger partial charge in [0.2, 0.25) is 0 Å². The molecular formula is C15H11FOS2. The molecule has 0 atom stereocenters. The number of thiophene rings is 2. The lowest BCUT2D eigenvalue weighted by Gasteiger charge is -1.95. The zero-order valence-corrected chi connectivity index (χ0v) is 11.7. The lowest BCUT2D eigenvalue weighted by atomic mass is 10.1. The Kier molecular flexibility index (Phi) is 3.44. The summed E-state index contributed by atoms with van der Waals surface area (Å²) >= 11 is 3.04. The van der Waals surface area contributed by atoms with E-state index in [1.54, 1.807) is 17.4 Å². The van der Waals surface area contributed by atoms with E-state index >= 15 is 0 Å². The maximum atomic E-state index is 13.1. The van der Waals surface area contributed by atoms with Gasteiger partial charge >= 0.3 is 0 Å². The number of aryl methyl sites for hydroxylation is 1. The molecule has 0 bridgehead atoms. The number of hydrogen-bond acceptors (Lipinski definition) is 3. The Balaban J connectivity index is 1.77. The summed E-state index contributed by atoms with van der Waals surface area (Å²) in [5, 5.41) is 2.95. The molecule has 0 spiro atoms. The van der Waals surface area contributed by atoms with Crippen molar-refractivity contribution in [3.05, 3.63) is 57.3 Å². The molecule has 0 aliphatic heterocycles. The minimum atomic E-state index is -0.257. The first-order valence-corrected chi connectivity index (χ1v) is 7.67. The lowest BCUT2D eigenvalue weighted by molar-refractivity contribution is 0.0987. The SMILES string of the molecule is O=C(CCc1cccs1)c1cc2ccc(F)cc2s1. The topological polar surface area (TPSA) is 17.1 Å². The van der Waals surface area contributed by atoms with Crippen LogP contribution in [-0.2, 0) is 6.42 Å². The molecule has 3 aromatic rings. The van der Waals surface area contributed by atoms with Crippen LogP contribution in [0.2, 0.25) is 0 Å². The van der Waals surface area contributed by atoms with Gasteiger partial charge in [-0.05, 0) is 41.5 Å². The highest BCUT2D eigenvalue weighted by molar-refractivity contribution is 7.20. The van der Waals surface area contributed by atoms with Gasteiger partial charge in [-0.3, -0.25) is 4.79 Å². The van der Waals surface area contributed by atoms with Crippen LogP contribution in [-0.4, -0.2) is 5.78 Å². The Morgan fingerprint density at radius 2 is 2.11 bits per heavy atom. The van der Waals surface area contributed by atoms with E-state index in [2.05, 4.69) is 0 Å². The molecule has 3 rings (SSSR count). The highest BCUT2D eigenvalue weighted by Gasteiger charge is 2.11. The van der Waals surface area contributed by atoms with Crippen molar-refractivity contribution in [3.63, 3.8) is 0 Å². The van der Waals surface area contributed by atoms with E-state index in [4.69, 9.17) is 0 Å². The highest BCUT2D eigenvalue weighted by Crippen LogP contribution is 2.27. The molecule has 1 aromatic carbocycles. The summed E-state index contributed by atoms with van der Waals surface area (Å²) in [7, 11) is 0. The van der Waals surface area contributed by atoms with Crippen molar-refractivity contribution >= 4 is 38.5 Å². The van der Waals surface area contributed by atoms with Crippen molar-refractivity contribution in [1.29, 1.82) is 0 Å². The molecule has 0 unspecified atom stereocenters. The molecule has 0 N–H and O–H groups in total. The monoisotopic (exact) mass is 290 g/mol. The minimum Gasteiger partial charge on any atom is -0.293 e. The van der Waals surface area contributed by atoms with E-state index in [0.29, 0.717) is 6.42 Å². The fraction of sp³-hybridized carbons (Fsp3) is 0.133. The Bertz CT molecular complexity index is 713. The Morgan fingerprint density at radius 1 is 1.21 bits per heavy atom. The molecule has 96 valence electrons. The van der Waals surface area contributed by atoms with Crippen LogP contribution in [0.3, 0.4) is 0 Å².